The number of halogens is 1. The van der Waals surface area contributed by atoms with Crippen LogP contribution in [0.15, 0.2) is 53.0 Å². The van der Waals surface area contributed by atoms with Gasteiger partial charge in [-0.25, -0.2) is 8.42 Å². The van der Waals surface area contributed by atoms with Crippen LogP contribution in [0.5, 0.6) is 0 Å². The van der Waals surface area contributed by atoms with Gasteiger partial charge in [0.15, 0.2) is 0 Å². The van der Waals surface area contributed by atoms with Crippen LogP contribution in [0, 0.1) is 0 Å². The van der Waals surface area contributed by atoms with Crippen molar-refractivity contribution in [1.29, 1.82) is 0 Å². The SMILES string of the molecule is O=C1CN(S(=O)(=O)c2cc3cc(Cl)ccc3s2)CC2OC3(CCN(c4ccncc4)CC3)CN12. The number of hydrogen-bond donors (Lipinski definition) is 0. The monoisotopic (exact) mass is 518 g/mol. The van der Waals surface area contributed by atoms with Crippen molar-refractivity contribution >= 4 is 54.6 Å². The van der Waals surface area contributed by atoms with E-state index in [9.17, 15) is 13.2 Å². The minimum absolute atomic E-state index is 0.138. The fourth-order valence-corrected chi connectivity index (χ4v) is 8.19. The van der Waals surface area contributed by atoms with Crippen LogP contribution in [0.2, 0.25) is 5.02 Å². The highest BCUT2D eigenvalue weighted by atomic mass is 35.5. The zero-order chi connectivity index (χ0) is 23.5. The summed E-state index contributed by atoms with van der Waals surface area (Å²) in [5.41, 5.74) is 0.691. The van der Waals surface area contributed by atoms with E-state index < -0.39 is 21.9 Å². The van der Waals surface area contributed by atoms with E-state index in [1.54, 1.807) is 35.5 Å². The Morgan fingerprint density at radius 1 is 1.12 bits per heavy atom. The molecule has 3 saturated heterocycles. The van der Waals surface area contributed by atoms with Crippen molar-refractivity contribution < 1.29 is 17.9 Å². The predicted octanol–water partition coefficient (Wildman–Crippen LogP) is 3.18. The molecule has 0 N–H and O–H groups in total. The number of hydrogen-bond acceptors (Lipinski definition) is 7. The van der Waals surface area contributed by atoms with Crippen molar-refractivity contribution in [2.45, 2.75) is 28.9 Å². The first-order valence-corrected chi connectivity index (χ1v) is 13.8. The molecule has 34 heavy (non-hydrogen) atoms. The van der Waals surface area contributed by atoms with E-state index in [0.717, 1.165) is 41.7 Å². The highest BCUT2D eigenvalue weighted by Crippen LogP contribution is 2.39. The van der Waals surface area contributed by atoms with Gasteiger partial charge in [0.2, 0.25) is 5.91 Å². The van der Waals surface area contributed by atoms with Crippen molar-refractivity contribution in [1.82, 2.24) is 14.2 Å². The zero-order valence-electron chi connectivity index (χ0n) is 18.3. The first-order chi connectivity index (χ1) is 16.3. The van der Waals surface area contributed by atoms with Crippen molar-refractivity contribution in [3.63, 3.8) is 0 Å². The molecule has 8 nitrogen and oxygen atoms in total. The van der Waals surface area contributed by atoms with E-state index in [1.165, 1.54) is 15.6 Å². The van der Waals surface area contributed by atoms with Crippen LogP contribution in [-0.4, -0.2) is 73.1 Å². The number of carbonyl (C=O) groups excluding carboxylic acids is 1. The third-order valence-electron chi connectivity index (χ3n) is 6.94. The molecule has 3 aromatic rings. The summed E-state index contributed by atoms with van der Waals surface area (Å²) in [7, 11) is -3.83. The standard InChI is InChI=1S/C23H23ClN4O4S2/c24-17-1-2-19-16(11-17)12-22(33-19)34(30,31)27-13-20(29)28-15-23(32-21(28)14-27)5-9-26(10-6-23)18-3-7-25-8-4-18/h1-4,7-8,11-12,21H,5-6,9-10,13-15H2. The summed E-state index contributed by atoms with van der Waals surface area (Å²) >= 11 is 7.25. The average Bonchev–Trinajstić information content (AvgIpc) is 3.42. The summed E-state index contributed by atoms with van der Waals surface area (Å²) in [6, 6.07) is 10.9. The van der Waals surface area contributed by atoms with Crippen molar-refractivity contribution in [3.8, 4) is 0 Å². The number of fused-ring (bicyclic) bond motifs is 2. The molecule has 5 heterocycles. The summed E-state index contributed by atoms with van der Waals surface area (Å²) in [4.78, 5) is 21.1. The quantitative estimate of drug-likeness (QED) is 0.529. The number of thiophene rings is 1. The molecule has 0 bridgehead atoms. The number of rotatable bonds is 3. The van der Waals surface area contributed by atoms with Crippen LogP contribution >= 0.6 is 22.9 Å². The Balaban J connectivity index is 1.19. The van der Waals surface area contributed by atoms with Gasteiger partial charge in [-0.3, -0.25) is 9.78 Å². The summed E-state index contributed by atoms with van der Waals surface area (Å²) in [6.45, 7) is 2.10. The van der Waals surface area contributed by atoms with Crippen molar-refractivity contribution in [2.75, 3.05) is 37.6 Å². The fraction of sp³-hybridized carbons (Fsp3) is 0.391. The number of piperidine rings is 1. The van der Waals surface area contributed by atoms with Gasteiger partial charge in [0.25, 0.3) is 10.0 Å². The molecule has 2 aromatic heterocycles. The van der Waals surface area contributed by atoms with Gasteiger partial charge in [-0.1, -0.05) is 11.6 Å². The number of ether oxygens (including phenoxy) is 1. The van der Waals surface area contributed by atoms with Gasteiger partial charge in [0.05, 0.1) is 25.2 Å². The van der Waals surface area contributed by atoms with Crippen molar-refractivity contribution in [3.05, 3.63) is 53.8 Å². The maximum Gasteiger partial charge on any atom is 0.253 e. The van der Waals surface area contributed by atoms with Gasteiger partial charge in [-0.05, 0) is 54.6 Å². The highest BCUT2D eigenvalue weighted by Gasteiger charge is 2.52. The maximum absolute atomic E-state index is 13.4. The molecule has 1 aromatic carbocycles. The first kappa shape index (κ1) is 22.2. The number of carbonyl (C=O) groups is 1. The van der Waals surface area contributed by atoms with Crippen LogP contribution < -0.4 is 4.90 Å². The molecule has 6 rings (SSSR count). The zero-order valence-corrected chi connectivity index (χ0v) is 20.7. The Hall–Kier alpha value is -2.24. The van der Waals surface area contributed by atoms with Crippen LogP contribution in [0.3, 0.4) is 0 Å². The van der Waals surface area contributed by atoms with E-state index in [2.05, 4.69) is 9.88 Å². The Bertz CT molecular complexity index is 1360. The maximum atomic E-state index is 13.4. The second kappa shape index (κ2) is 8.17. The lowest BCUT2D eigenvalue weighted by Gasteiger charge is -2.39. The summed E-state index contributed by atoms with van der Waals surface area (Å²) in [5, 5.41) is 1.33. The van der Waals surface area contributed by atoms with E-state index in [1.807, 2.05) is 18.2 Å². The molecular weight excluding hydrogens is 496 g/mol. The first-order valence-electron chi connectivity index (χ1n) is 11.1. The molecule has 3 aliphatic heterocycles. The number of amides is 1. The average molecular weight is 519 g/mol. The number of sulfonamides is 1. The molecule has 3 fully saturated rings. The van der Waals surface area contributed by atoms with Crippen LogP contribution in [0.1, 0.15) is 12.8 Å². The number of piperazine rings is 1. The van der Waals surface area contributed by atoms with E-state index >= 15 is 0 Å². The molecule has 1 atom stereocenters. The van der Waals surface area contributed by atoms with Gasteiger partial charge in [-0.15, -0.1) is 11.3 Å². The second-order valence-electron chi connectivity index (χ2n) is 9.01. The molecular formula is C23H23ClN4O4S2. The second-order valence-corrected chi connectivity index (χ2v) is 12.7. The summed E-state index contributed by atoms with van der Waals surface area (Å²) in [5.74, 6) is -0.211. The molecule has 0 radical (unpaired) electrons. The number of anilines is 1. The minimum atomic E-state index is -3.83. The van der Waals surface area contributed by atoms with E-state index in [4.69, 9.17) is 16.3 Å². The predicted molar refractivity (Wildman–Crippen MR) is 131 cm³/mol. The molecule has 0 aliphatic carbocycles. The molecule has 1 unspecified atom stereocenters. The van der Waals surface area contributed by atoms with Gasteiger partial charge in [0, 0.05) is 40.9 Å². The molecule has 3 aliphatic rings. The largest absolute Gasteiger partial charge is 0.371 e. The smallest absolute Gasteiger partial charge is 0.253 e. The topological polar surface area (TPSA) is 83.0 Å². The Kier molecular flexibility index (Phi) is 5.34. The van der Waals surface area contributed by atoms with E-state index in [0.29, 0.717) is 11.6 Å². The van der Waals surface area contributed by atoms with Gasteiger partial charge in [-0.2, -0.15) is 4.31 Å². The molecule has 11 heteroatoms. The number of pyridine rings is 1. The number of benzene rings is 1. The Labute approximate surface area is 206 Å². The third kappa shape index (κ3) is 3.77. The Morgan fingerprint density at radius 3 is 2.65 bits per heavy atom. The summed E-state index contributed by atoms with van der Waals surface area (Å²) in [6.07, 6.45) is 4.56. The lowest BCUT2D eigenvalue weighted by molar-refractivity contribution is -0.144. The Morgan fingerprint density at radius 2 is 1.88 bits per heavy atom. The fourth-order valence-electron chi connectivity index (χ4n) is 5.10. The highest BCUT2D eigenvalue weighted by molar-refractivity contribution is 7.91. The van der Waals surface area contributed by atoms with Crippen LogP contribution in [-0.2, 0) is 19.6 Å². The molecule has 0 saturated carbocycles. The lowest BCUT2D eigenvalue weighted by Crippen LogP contribution is -2.55. The van der Waals surface area contributed by atoms with Crippen LogP contribution in [0.4, 0.5) is 5.69 Å². The van der Waals surface area contributed by atoms with E-state index in [-0.39, 0.29) is 23.2 Å². The molecule has 1 amide bonds. The van der Waals surface area contributed by atoms with Gasteiger partial charge < -0.3 is 14.5 Å². The van der Waals surface area contributed by atoms with Crippen LogP contribution in [0.25, 0.3) is 10.1 Å². The lowest BCUT2D eigenvalue weighted by atomic mass is 9.91. The third-order valence-corrected chi connectivity index (χ3v) is 10.5. The number of nitrogens with zero attached hydrogens (tertiary/aromatic N) is 4. The van der Waals surface area contributed by atoms with Gasteiger partial charge in [0.1, 0.15) is 10.4 Å². The van der Waals surface area contributed by atoms with Crippen molar-refractivity contribution in [2.24, 2.45) is 0 Å². The molecule has 1 spiro atoms. The summed E-state index contributed by atoms with van der Waals surface area (Å²) < 4.78 is 35.6. The minimum Gasteiger partial charge on any atom is -0.371 e. The van der Waals surface area contributed by atoms with Gasteiger partial charge >= 0.3 is 0 Å². The molecule has 178 valence electrons. The number of aromatic nitrogens is 1. The normalized spacial score (nSPS) is 23.1.